The van der Waals surface area contributed by atoms with Gasteiger partial charge in [-0.2, -0.15) is 0 Å². The van der Waals surface area contributed by atoms with E-state index in [2.05, 4.69) is 21.2 Å². The molecular formula is C13H17BrClNO3. The molecule has 106 valence electrons. The van der Waals surface area contributed by atoms with Gasteiger partial charge < -0.3 is 14.8 Å². The van der Waals surface area contributed by atoms with Crippen molar-refractivity contribution in [3.63, 3.8) is 0 Å². The highest BCUT2D eigenvalue weighted by molar-refractivity contribution is 9.10. The van der Waals surface area contributed by atoms with Crippen molar-refractivity contribution in [3.8, 4) is 5.75 Å². The van der Waals surface area contributed by atoms with Crippen LogP contribution in [0, 0.1) is 0 Å². The average molecular weight is 351 g/mol. The van der Waals surface area contributed by atoms with E-state index in [9.17, 15) is 4.79 Å². The number of hydrogen-bond acceptors (Lipinski definition) is 4. The van der Waals surface area contributed by atoms with E-state index in [-0.39, 0.29) is 5.97 Å². The van der Waals surface area contributed by atoms with E-state index in [1.807, 2.05) is 6.07 Å². The lowest BCUT2D eigenvalue weighted by atomic mass is 10.3. The van der Waals surface area contributed by atoms with Crippen molar-refractivity contribution < 1.29 is 14.3 Å². The third kappa shape index (κ3) is 6.80. The highest BCUT2D eigenvalue weighted by Crippen LogP contribution is 2.27. The Morgan fingerprint density at radius 1 is 1.42 bits per heavy atom. The zero-order chi connectivity index (χ0) is 14.1. The van der Waals surface area contributed by atoms with Crippen molar-refractivity contribution in [2.45, 2.75) is 13.3 Å². The summed E-state index contributed by atoms with van der Waals surface area (Å²) in [5.74, 6) is 0.563. The Morgan fingerprint density at radius 3 is 2.89 bits per heavy atom. The molecule has 0 fully saturated rings. The molecule has 1 aromatic carbocycles. The van der Waals surface area contributed by atoms with Gasteiger partial charge in [0.2, 0.25) is 0 Å². The molecule has 0 saturated carbocycles. The Balaban J connectivity index is 2.12. The van der Waals surface area contributed by atoms with E-state index in [4.69, 9.17) is 21.1 Å². The van der Waals surface area contributed by atoms with Gasteiger partial charge in [-0.15, -0.1) is 0 Å². The molecule has 0 saturated heterocycles. The fourth-order valence-electron chi connectivity index (χ4n) is 1.37. The Labute approximate surface area is 126 Å². The Morgan fingerprint density at radius 2 is 2.21 bits per heavy atom. The van der Waals surface area contributed by atoms with Crippen molar-refractivity contribution in [2.24, 2.45) is 0 Å². The predicted molar refractivity (Wildman–Crippen MR) is 78.8 cm³/mol. The van der Waals surface area contributed by atoms with Crippen LogP contribution in [0.15, 0.2) is 22.7 Å². The standard InChI is InChI=1S/C13H17BrClNO3/c1-2-18-13(17)5-6-16-7-8-19-12-4-3-10(15)9-11(12)14/h3-4,9,16H,2,5-8H2,1H3. The molecule has 0 atom stereocenters. The van der Waals surface area contributed by atoms with Crippen molar-refractivity contribution in [3.05, 3.63) is 27.7 Å². The first-order valence-corrected chi connectivity index (χ1v) is 7.24. The van der Waals surface area contributed by atoms with Crippen LogP contribution in [0.25, 0.3) is 0 Å². The second-order valence-electron chi connectivity index (χ2n) is 3.73. The molecule has 6 heteroatoms. The summed E-state index contributed by atoms with van der Waals surface area (Å²) in [6.07, 6.45) is 0.373. The quantitative estimate of drug-likeness (QED) is 0.578. The number of halogens is 2. The van der Waals surface area contributed by atoms with Crippen molar-refractivity contribution in [1.82, 2.24) is 5.32 Å². The first-order chi connectivity index (χ1) is 9.13. The molecule has 1 rings (SSSR count). The van der Waals surface area contributed by atoms with E-state index in [0.29, 0.717) is 37.7 Å². The molecule has 0 unspecified atom stereocenters. The fourth-order valence-corrected chi connectivity index (χ4v) is 2.17. The van der Waals surface area contributed by atoms with Crippen LogP contribution < -0.4 is 10.1 Å². The van der Waals surface area contributed by atoms with Gasteiger partial charge in [0.25, 0.3) is 0 Å². The van der Waals surface area contributed by atoms with Gasteiger partial charge in [-0.05, 0) is 41.1 Å². The maximum atomic E-state index is 11.1. The van der Waals surface area contributed by atoms with Gasteiger partial charge >= 0.3 is 5.97 Å². The lowest BCUT2D eigenvalue weighted by molar-refractivity contribution is -0.142. The highest BCUT2D eigenvalue weighted by atomic mass is 79.9. The highest BCUT2D eigenvalue weighted by Gasteiger charge is 2.02. The zero-order valence-corrected chi connectivity index (χ0v) is 13.1. The van der Waals surface area contributed by atoms with E-state index in [1.165, 1.54) is 0 Å². The van der Waals surface area contributed by atoms with Crippen LogP contribution in [0.2, 0.25) is 5.02 Å². The van der Waals surface area contributed by atoms with E-state index < -0.39 is 0 Å². The first kappa shape index (κ1) is 16.3. The normalized spacial score (nSPS) is 10.3. The summed E-state index contributed by atoms with van der Waals surface area (Å²) in [6, 6.07) is 5.37. The summed E-state index contributed by atoms with van der Waals surface area (Å²) in [7, 11) is 0. The molecule has 0 heterocycles. The van der Waals surface area contributed by atoms with E-state index in [0.717, 1.165) is 10.2 Å². The molecule has 0 aliphatic carbocycles. The lowest BCUT2D eigenvalue weighted by Crippen LogP contribution is -2.24. The summed E-state index contributed by atoms with van der Waals surface area (Å²) in [5.41, 5.74) is 0. The molecule has 0 aliphatic heterocycles. The minimum atomic E-state index is -0.184. The second kappa shape index (κ2) is 9.18. The van der Waals surface area contributed by atoms with Crippen LogP contribution in [-0.4, -0.2) is 32.3 Å². The smallest absolute Gasteiger partial charge is 0.307 e. The fraction of sp³-hybridized carbons (Fsp3) is 0.462. The number of rotatable bonds is 8. The summed E-state index contributed by atoms with van der Waals surface area (Å²) >= 11 is 9.21. The number of benzene rings is 1. The zero-order valence-electron chi connectivity index (χ0n) is 10.7. The SMILES string of the molecule is CCOC(=O)CCNCCOc1ccc(Cl)cc1Br. The van der Waals surface area contributed by atoms with Crippen molar-refractivity contribution in [2.75, 3.05) is 26.3 Å². The van der Waals surface area contributed by atoms with Gasteiger partial charge in [-0.25, -0.2) is 0 Å². The maximum Gasteiger partial charge on any atom is 0.307 e. The monoisotopic (exact) mass is 349 g/mol. The topological polar surface area (TPSA) is 47.6 Å². The summed E-state index contributed by atoms with van der Waals surface area (Å²) in [6.45, 7) is 3.98. The Hall–Kier alpha value is -0.780. The van der Waals surface area contributed by atoms with Crippen LogP contribution >= 0.6 is 27.5 Å². The number of ether oxygens (including phenoxy) is 2. The van der Waals surface area contributed by atoms with Gasteiger partial charge in [0, 0.05) is 18.1 Å². The van der Waals surface area contributed by atoms with Crippen LogP contribution in [-0.2, 0) is 9.53 Å². The number of carbonyl (C=O) groups is 1. The predicted octanol–water partition coefficient (Wildman–Crippen LogP) is 3.02. The molecule has 4 nitrogen and oxygen atoms in total. The molecule has 0 aliphatic rings. The van der Waals surface area contributed by atoms with E-state index in [1.54, 1.807) is 19.1 Å². The van der Waals surface area contributed by atoms with Gasteiger partial charge in [0.1, 0.15) is 12.4 Å². The summed E-state index contributed by atoms with van der Waals surface area (Å²) in [5, 5.41) is 3.77. The van der Waals surface area contributed by atoms with Gasteiger partial charge in [0.05, 0.1) is 17.5 Å². The molecule has 0 amide bonds. The average Bonchev–Trinajstić information content (AvgIpc) is 2.36. The molecule has 0 aromatic heterocycles. The number of carbonyl (C=O) groups excluding carboxylic acids is 1. The molecule has 0 spiro atoms. The number of hydrogen-bond donors (Lipinski definition) is 1. The Kier molecular flexibility index (Phi) is 7.86. The number of esters is 1. The third-order valence-electron chi connectivity index (χ3n) is 2.24. The maximum absolute atomic E-state index is 11.1. The molecule has 1 aromatic rings. The van der Waals surface area contributed by atoms with Crippen molar-refractivity contribution >= 4 is 33.5 Å². The van der Waals surface area contributed by atoms with Gasteiger partial charge in [-0.1, -0.05) is 11.6 Å². The largest absolute Gasteiger partial charge is 0.491 e. The lowest BCUT2D eigenvalue weighted by Gasteiger charge is -2.09. The summed E-state index contributed by atoms with van der Waals surface area (Å²) in [4.78, 5) is 11.1. The van der Waals surface area contributed by atoms with Crippen LogP contribution in [0.5, 0.6) is 5.75 Å². The molecule has 19 heavy (non-hydrogen) atoms. The molecule has 0 radical (unpaired) electrons. The minimum absolute atomic E-state index is 0.184. The van der Waals surface area contributed by atoms with Gasteiger partial charge in [-0.3, -0.25) is 4.79 Å². The van der Waals surface area contributed by atoms with E-state index >= 15 is 0 Å². The third-order valence-corrected chi connectivity index (χ3v) is 3.10. The number of nitrogens with one attached hydrogen (secondary N) is 1. The second-order valence-corrected chi connectivity index (χ2v) is 5.02. The van der Waals surface area contributed by atoms with Crippen LogP contribution in [0.3, 0.4) is 0 Å². The molecular weight excluding hydrogens is 334 g/mol. The summed E-state index contributed by atoms with van der Waals surface area (Å²) < 4.78 is 11.2. The molecule has 1 N–H and O–H groups in total. The van der Waals surface area contributed by atoms with Gasteiger partial charge in [0.15, 0.2) is 0 Å². The molecule has 0 bridgehead atoms. The van der Waals surface area contributed by atoms with Crippen LogP contribution in [0.1, 0.15) is 13.3 Å². The van der Waals surface area contributed by atoms with Crippen molar-refractivity contribution in [1.29, 1.82) is 0 Å². The Bertz CT molecular complexity index is 415. The first-order valence-electron chi connectivity index (χ1n) is 6.07. The van der Waals surface area contributed by atoms with Crippen LogP contribution in [0.4, 0.5) is 0 Å². The minimum Gasteiger partial charge on any atom is -0.491 e.